The molecule has 0 bridgehead atoms. The van der Waals surface area contributed by atoms with Crippen LogP contribution < -0.4 is 0 Å². The Hall–Kier alpha value is -0.280. The number of hydrogen-bond donors (Lipinski definition) is 5. The number of ether oxygens (including phenoxy) is 2. The van der Waals surface area contributed by atoms with Crippen LogP contribution in [-0.2, 0) is 9.47 Å². The van der Waals surface area contributed by atoms with E-state index in [2.05, 4.69) is 13.8 Å². The summed E-state index contributed by atoms with van der Waals surface area (Å²) in [5, 5.41) is 48.4. The molecule has 1 fully saturated rings. The Morgan fingerprint density at radius 3 is 1.50 bits per heavy atom. The highest BCUT2D eigenvalue weighted by Gasteiger charge is 2.49. The van der Waals surface area contributed by atoms with Gasteiger partial charge in [-0.2, -0.15) is 0 Å². The van der Waals surface area contributed by atoms with Gasteiger partial charge in [-0.25, -0.2) is 0 Å². The Bertz CT molecular complexity index is 421. The lowest BCUT2D eigenvalue weighted by atomic mass is 10.0. The molecule has 0 radical (unpaired) electrons. The van der Waals surface area contributed by atoms with Crippen molar-refractivity contribution in [2.24, 2.45) is 5.92 Å². The summed E-state index contributed by atoms with van der Waals surface area (Å²) in [6.07, 6.45) is 9.22. The van der Waals surface area contributed by atoms with E-state index >= 15 is 0 Å². The molecule has 192 valence electrons. The van der Waals surface area contributed by atoms with Crippen molar-refractivity contribution in [3.8, 4) is 0 Å². The van der Waals surface area contributed by atoms with E-state index in [-0.39, 0.29) is 13.2 Å². The SMILES string of the molecule is CC(C)CCCCCCCCCCCCCCOCC(O)COC1C(O)C(O)C(O)C1O. The van der Waals surface area contributed by atoms with Gasteiger partial charge in [-0.3, -0.25) is 0 Å². The molecule has 1 aliphatic carbocycles. The zero-order valence-corrected chi connectivity index (χ0v) is 20.4. The molecular formula is C25H50O7. The molecule has 32 heavy (non-hydrogen) atoms. The standard InChI is InChI=1S/C25H50O7/c1-19(2)15-13-11-9-7-5-3-4-6-8-10-12-14-16-31-17-20(26)18-32-25-23(29)21(27)22(28)24(25)30/h19-30H,3-18H2,1-2H3. The molecule has 0 amide bonds. The molecule has 7 nitrogen and oxygen atoms in total. The zero-order valence-electron chi connectivity index (χ0n) is 20.4. The Morgan fingerprint density at radius 2 is 1.03 bits per heavy atom. The number of rotatable bonds is 20. The third-order valence-electron chi connectivity index (χ3n) is 6.33. The quantitative estimate of drug-likeness (QED) is 0.176. The number of aliphatic hydroxyl groups is 5. The number of aliphatic hydroxyl groups excluding tert-OH is 5. The van der Waals surface area contributed by atoms with E-state index in [4.69, 9.17) is 9.47 Å². The van der Waals surface area contributed by atoms with Crippen molar-refractivity contribution in [1.29, 1.82) is 0 Å². The summed E-state index contributed by atoms with van der Waals surface area (Å²) < 4.78 is 10.7. The van der Waals surface area contributed by atoms with Crippen molar-refractivity contribution in [1.82, 2.24) is 0 Å². The molecule has 7 heteroatoms. The van der Waals surface area contributed by atoms with Crippen molar-refractivity contribution < 1.29 is 35.0 Å². The predicted octanol–water partition coefficient (Wildman–Crippen LogP) is 2.93. The van der Waals surface area contributed by atoms with E-state index in [1.165, 1.54) is 70.6 Å². The molecular weight excluding hydrogens is 412 g/mol. The monoisotopic (exact) mass is 462 g/mol. The highest BCUT2D eigenvalue weighted by Crippen LogP contribution is 2.24. The van der Waals surface area contributed by atoms with Crippen molar-refractivity contribution in [2.45, 2.75) is 134 Å². The zero-order chi connectivity index (χ0) is 23.8. The summed E-state index contributed by atoms with van der Waals surface area (Å²) in [6, 6.07) is 0. The highest BCUT2D eigenvalue weighted by molar-refractivity contribution is 4.99. The molecule has 5 N–H and O–H groups in total. The molecule has 0 heterocycles. The summed E-state index contributed by atoms with van der Waals surface area (Å²) in [5.74, 6) is 0.842. The van der Waals surface area contributed by atoms with Crippen LogP contribution in [0, 0.1) is 5.92 Å². The third kappa shape index (κ3) is 12.8. The van der Waals surface area contributed by atoms with Crippen LogP contribution in [0.2, 0.25) is 0 Å². The van der Waals surface area contributed by atoms with Gasteiger partial charge in [0.2, 0.25) is 0 Å². The van der Waals surface area contributed by atoms with E-state index in [1.54, 1.807) is 0 Å². The first kappa shape index (κ1) is 29.8. The van der Waals surface area contributed by atoms with Gasteiger partial charge >= 0.3 is 0 Å². The van der Waals surface area contributed by atoms with Crippen molar-refractivity contribution in [3.63, 3.8) is 0 Å². The van der Waals surface area contributed by atoms with Crippen LogP contribution in [0.3, 0.4) is 0 Å². The maximum absolute atomic E-state index is 9.90. The van der Waals surface area contributed by atoms with Gasteiger partial charge in [0.25, 0.3) is 0 Å². The van der Waals surface area contributed by atoms with Gasteiger partial charge < -0.3 is 35.0 Å². The fraction of sp³-hybridized carbons (Fsp3) is 1.00. The van der Waals surface area contributed by atoms with Crippen LogP contribution in [0.1, 0.15) is 97.3 Å². The molecule has 5 atom stereocenters. The first-order chi connectivity index (χ1) is 15.3. The van der Waals surface area contributed by atoms with E-state index in [1.807, 2.05) is 0 Å². The minimum atomic E-state index is -1.45. The maximum Gasteiger partial charge on any atom is 0.115 e. The summed E-state index contributed by atoms with van der Waals surface area (Å²) in [6.45, 7) is 5.15. The average Bonchev–Trinajstić information content (AvgIpc) is 2.94. The molecule has 0 spiro atoms. The molecule has 1 saturated carbocycles. The lowest BCUT2D eigenvalue weighted by Crippen LogP contribution is -2.38. The molecule has 1 aliphatic rings. The lowest BCUT2D eigenvalue weighted by molar-refractivity contribution is -0.113. The second-order valence-electron chi connectivity index (χ2n) is 9.91. The minimum Gasteiger partial charge on any atom is -0.388 e. The van der Waals surface area contributed by atoms with Crippen LogP contribution in [0.25, 0.3) is 0 Å². The van der Waals surface area contributed by atoms with E-state index in [0.29, 0.717) is 6.61 Å². The van der Waals surface area contributed by atoms with Gasteiger partial charge in [-0.1, -0.05) is 90.9 Å². The highest BCUT2D eigenvalue weighted by atomic mass is 16.5. The molecule has 1 rings (SSSR count). The largest absolute Gasteiger partial charge is 0.388 e. The Labute approximate surface area is 195 Å². The Balaban J connectivity index is 1.83. The van der Waals surface area contributed by atoms with Gasteiger partial charge in [-0.15, -0.1) is 0 Å². The van der Waals surface area contributed by atoms with E-state index in [0.717, 1.165) is 18.8 Å². The number of unbranched alkanes of at least 4 members (excludes halogenated alkanes) is 11. The summed E-state index contributed by atoms with van der Waals surface area (Å²) in [5.41, 5.74) is 0. The fourth-order valence-electron chi connectivity index (χ4n) is 4.21. The topological polar surface area (TPSA) is 120 Å². The van der Waals surface area contributed by atoms with Gasteiger partial charge in [0.1, 0.15) is 36.6 Å². The molecule has 0 saturated heterocycles. The van der Waals surface area contributed by atoms with Crippen LogP contribution in [0.4, 0.5) is 0 Å². The molecule has 0 aromatic rings. The molecule has 0 aromatic heterocycles. The van der Waals surface area contributed by atoms with Gasteiger partial charge in [-0.05, 0) is 12.3 Å². The molecule has 0 aromatic carbocycles. The maximum atomic E-state index is 9.90. The summed E-state index contributed by atoms with van der Waals surface area (Å²) in [4.78, 5) is 0. The molecule has 5 unspecified atom stereocenters. The summed E-state index contributed by atoms with van der Waals surface area (Å²) in [7, 11) is 0. The van der Waals surface area contributed by atoms with E-state index < -0.39 is 36.6 Å². The normalized spacial score (nSPS) is 26.8. The molecule has 0 aliphatic heterocycles. The fourth-order valence-corrected chi connectivity index (χ4v) is 4.21. The summed E-state index contributed by atoms with van der Waals surface area (Å²) >= 11 is 0. The van der Waals surface area contributed by atoms with Crippen molar-refractivity contribution >= 4 is 0 Å². The van der Waals surface area contributed by atoms with Crippen LogP contribution in [0.5, 0.6) is 0 Å². The van der Waals surface area contributed by atoms with Crippen LogP contribution in [-0.4, -0.2) is 82.0 Å². The second-order valence-corrected chi connectivity index (χ2v) is 9.91. The smallest absolute Gasteiger partial charge is 0.115 e. The third-order valence-corrected chi connectivity index (χ3v) is 6.33. The predicted molar refractivity (Wildman–Crippen MR) is 125 cm³/mol. The van der Waals surface area contributed by atoms with Crippen molar-refractivity contribution in [3.05, 3.63) is 0 Å². The van der Waals surface area contributed by atoms with Crippen molar-refractivity contribution in [2.75, 3.05) is 19.8 Å². The average molecular weight is 463 g/mol. The Kier molecular flexibility index (Phi) is 16.8. The van der Waals surface area contributed by atoms with Gasteiger partial charge in [0, 0.05) is 6.61 Å². The second kappa shape index (κ2) is 18.1. The lowest BCUT2D eigenvalue weighted by Gasteiger charge is -2.21. The van der Waals surface area contributed by atoms with Crippen LogP contribution >= 0.6 is 0 Å². The Morgan fingerprint density at radius 1 is 0.594 bits per heavy atom. The minimum absolute atomic E-state index is 0.113. The first-order valence-corrected chi connectivity index (χ1v) is 12.9. The van der Waals surface area contributed by atoms with Crippen LogP contribution in [0.15, 0.2) is 0 Å². The van der Waals surface area contributed by atoms with E-state index in [9.17, 15) is 25.5 Å². The number of hydrogen-bond acceptors (Lipinski definition) is 7. The van der Waals surface area contributed by atoms with Gasteiger partial charge in [0.05, 0.1) is 13.2 Å². The first-order valence-electron chi connectivity index (χ1n) is 12.9. The van der Waals surface area contributed by atoms with Gasteiger partial charge in [0.15, 0.2) is 0 Å².